The number of esters is 2. The summed E-state index contributed by atoms with van der Waals surface area (Å²) in [4.78, 5) is 23.0. The third-order valence-corrected chi connectivity index (χ3v) is 5.39. The van der Waals surface area contributed by atoms with Crippen molar-refractivity contribution in [1.82, 2.24) is 0 Å². The molecule has 2 rings (SSSR count). The molecule has 1 saturated carbocycles. The Hall–Kier alpha value is -1.58. The summed E-state index contributed by atoms with van der Waals surface area (Å²) < 4.78 is 10.3. The Morgan fingerprint density at radius 1 is 1.27 bits per heavy atom. The first kappa shape index (κ1) is 16.8. The molecule has 0 aromatic heterocycles. The normalized spacial score (nSPS) is 31.3. The minimum absolute atomic E-state index is 0.120. The van der Waals surface area contributed by atoms with Crippen LogP contribution in [0.4, 0.5) is 0 Å². The molecular weight excluding hydrogens is 280 g/mol. The molecule has 1 fully saturated rings. The van der Waals surface area contributed by atoms with Crippen LogP contribution in [-0.4, -0.2) is 25.2 Å². The van der Waals surface area contributed by atoms with Crippen molar-refractivity contribution < 1.29 is 19.1 Å². The van der Waals surface area contributed by atoms with Crippen molar-refractivity contribution in [1.29, 1.82) is 0 Å². The lowest BCUT2D eigenvalue weighted by atomic mass is 9.60. The number of hydrogen-bond donors (Lipinski definition) is 0. The number of carbonyl (C=O) groups excluding carboxylic acids is 2. The van der Waals surface area contributed by atoms with Crippen molar-refractivity contribution in [2.75, 3.05) is 7.11 Å². The van der Waals surface area contributed by atoms with Gasteiger partial charge in [-0.15, -0.1) is 0 Å². The molecule has 0 amide bonds. The second-order valence-corrected chi connectivity index (χ2v) is 6.82. The summed E-state index contributed by atoms with van der Waals surface area (Å²) in [7, 11) is 1.39. The zero-order chi connectivity index (χ0) is 16.5. The second-order valence-electron chi connectivity index (χ2n) is 6.82. The van der Waals surface area contributed by atoms with Gasteiger partial charge >= 0.3 is 11.9 Å². The van der Waals surface area contributed by atoms with Crippen LogP contribution in [0.3, 0.4) is 0 Å². The Labute approximate surface area is 132 Å². The van der Waals surface area contributed by atoms with E-state index >= 15 is 0 Å². The molecule has 0 aliphatic heterocycles. The number of carbonyl (C=O) groups is 2. The molecule has 0 bridgehead atoms. The van der Waals surface area contributed by atoms with Crippen LogP contribution >= 0.6 is 0 Å². The summed E-state index contributed by atoms with van der Waals surface area (Å²) in [5.74, 6) is -0.430. The lowest BCUT2D eigenvalue weighted by Gasteiger charge is -2.46. The molecule has 22 heavy (non-hydrogen) atoms. The quantitative estimate of drug-likeness (QED) is 0.454. The Morgan fingerprint density at radius 2 is 1.91 bits per heavy atom. The molecule has 3 atom stereocenters. The van der Waals surface area contributed by atoms with Crippen LogP contribution in [0.5, 0.6) is 0 Å². The smallest absolute Gasteiger partial charge is 0.333 e. The van der Waals surface area contributed by atoms with Gasteiger partial charge in [0.2, 0.25) is 0 Å². The van der Waals surface area contributed by atoms with Crippen molar-refractivity contribution in [2.45, 2.75) is 59.0 Å². The van der Waals surface area contributed by atoms with Gasteiger partial charge in [-0.3, -0.25) is 4.79 Å². The van der Waals surface area contributed by atoms with Crippen molar-refractivity contribution >= 4 is 11.9 Å². The van der Waals surface area contributed by atoms with Gasteiger partial charge in [-0.1, -0.05) is 19.1 Å². The standard InChI is InChI=1S/C18H26O4/c1-11(17(20)21-5)14-6-8-18(4)9-7-16(22-13(3)19)12(2)15(18)10-14/h14,16H,1,6-10H2,2-5H3. The number of allylic oxidation sites excluding steroid dienone is 1. The van der Waals surface area contributed by atoms with Crippen molar-refractivity contribution in [2.24, 2.45) is 11.3 Å². The Bertz CT molecular complexity index is 531. The van der Waals surface area contributed by atoms with Gasteiger partial charge in [0.05, 0.1) is 7.11 Å². The summed E-state index contributed by atoms with van der Waals surface area (Å²) in [6, 6.07) is 0. The summed E-state index contributed by atoms with van der Waals surface area (Å²) in [5.41, 5.74) is 3.21. The lowest BCUT2D eigenvalue weighted by Crippen LogP contribution is -2.37. The number of methoxy groups -OCH3 is 1. The van der Waals surface area contributed by atoms with Gasteiger partial charge in [-0.05, 0) is 55.9 Å². The van der Waals surface area contributed by atoms with E-state index in [9.17, 15) is 9.59 Å². The van der Waals surface area contributed by atoms with Crippen LogP contribution in [0.25, 0.3) is 0 Å². The van der Waals surface area contributed by atoms with E-state index in [2.05, 4.69) is 20.4 Å². The largest absolute Gasteiger partial charge is 0.466 e. The summed E-state index contributed by atoms with van der Waals surface area (Å²) in [6.07, 6.45) is 4.59. The zero-order valence-electron chi connectivity index (χ0n) is 14.0. The van der Waals surface area contributed by atoms with E-state index in [0.717, 1.165) is 37.7 Å². The number of fused-ring (bicyclic) bond motifs is 1. The van der Waals surface area contributed by atoms with Gasteiger partial charge < -0.3 is 9.47 Å². The maximum absolute atomic E-state index is 11.7. The summed E-state index contributed by atoms with van der Waals surface area (Å²) in [6.45, 7) is 9.72. The zero-order valence-corrected chi connectivity index (χ0v) is 14.0. The minimum Gasteiger partial charge on any atom is -0.466 e. The Morgan fingerprint density at radius 3 is 2.50 bits per heavy atom. The first-order chi connectivity index (χ1) is 10.3. The molecule has 4 heteroatoms. The molecule has 4 nitrogen and oxygen atoms in total. The van der Waals surface area contributed by atoms with Crippen LogP contribution in [-0.2, 0) is 19.1 Å². The van der Waals surface area contributed by atoms with Crippen molar-refractivity contribution in [3.8, 4) is 0 Å². The van der Waals surface area contributed by atoms with Crippen LogP contribution in [0.1, 0.15) is 52.9 Å². The number of hydrogen-bond acceptors (Lipinski definition) is 4. The molecule has 0 N–H and O–H groups in total. The van der Waals surface area contributed by atoms with E-state index < -0.39 is 0 Å². The molecule has 0 saturated heterocycles. The van der Waals surface area contributed by atoms with Gasteiger partial charge in [0, 0.05) is 12.5 Å². The summed E-state index contributed by atoms with van der Waals surface area (Å²) >= 11 is 0. The van der Waals surface area contributed by atoms with Crippen LogP contribution in [0.15, 0.2) is 23.3 Å². The fourth-order valence-corrected chi connectivity index (χ4v) is 3.95. The topological polar surface area (TPSA) is 52.6 Å². The molecule has 0 heterocycles. The highest BCUT2D eigenvalue weighted by Gasteiger charge is 2.42. The predicted octanol–water partition coefficient (Wildman–Crippen LogP) is 3.56. The fourth-order valence-electron chi connectivity index (χ4n) is 3.95. The first-order valence-electron chi connectivity index (χ1n) is 7.93. The van der Waals surface area contributed by atoms with E-state index in [4.69, 9.17) is 9.47 Å². The van der Waals surface area contributed by atoms with Gasteiger partial charge in [0.1, 0.15) is 6.10 Å². The highest BCUT2D eigenvalue weighted by atomic mass is 16.5. The molecule has 0 radical (unpaired) electrons. The van der Waals surface area contributed by atoms with Gasteiger partial charge in [0.25, 0.3) is 0 Å². The van der Waals surface area contributed by atoms with E-state index in [1.165, 1.54) is 19.6 Å². The number of ether oxygens (including phenoxy) is 2. The maximum atomic E-state index is 11.7. The molecule has 0 spiro atoms. The molecule has 0 aromatic rings. The van der Waals surface area contributed by atoms with Gasteiger partial charge in [0.15, 0.2) is 0 Å². The monoisotopic (exact) mass is 306 g/mol. The average molecular weight is 306 g/mol. The van der Waals surface area contributed by atoms with E-state index in [1.807, 2.05) is 0 Å². The summed E-state index contributed by atoms with van der Waals surface area (Å²) in [5, 5.41) is 0. The highest BCUT2D eigenvalue weighted by Crippen LogP contribution is 2.52. The SMILES string of the molecule is C=C(C(=O)OC)C1CCC2(C)CCC(OC(C)=O)C(C)=C2C1. The second kappa shape index (κ2) is 6.27. The van der Waals surface area contributed by atoms with E-state index in [-0.39, 0.29) is 29.4 Å². The Kier molecular flexibility index (Phi) is 4.78. The van der Waals surface area contributed by atoms with Crippen molar-refractivity contribution in [3.63, 3.8) is 0 Å². The van der Waals surface area contributed by atoms with Crippen LogP contribution in [0.2, 0.25) is 0 Å². The molecule has 2 aliphatic carbocycles. The average Bonchev–Trinajstić information content (AvgIpc) is 2.48. The molecule has 122 valence electrons. The minimum atomic E-state index is -0.320. The van der Waals surface area contributed by atoms with Crippen LogP contribution < -0.4 is 0 Å². The third-order valence-electron chi connectivity index (χ3n) is 5.39. The molecule has 2 aliphatic rings. The number of rotatable bonds is 3. The van der Waals surface area contributed by atoms with E-state index in [0.29, 0.717) is 5.57 Å². The third kappa shape index (κ3) is 3.11. The Balaban J connectivity index is 2.25. The first-order valence-corrected chi connectivity index (χ1v) is 7.93. The predicted molar refractivity (Wildman–Crippen MR) is 84.1 cm³/mol. The van der Waals surface area contributed by atoms with Crippen molar-refractivity contribution in [3.05, 3.63) is 23.3 Å². The molecule has 3 unspecified atom stereocenters. The van der Waals surface area contributed by atoms with Crippen LogP contribution in [0, 0.1) is 11.3 Å². The molecule has 0 aromatic carbocycles. The lowest BCUT2D eigenvalue weighted by molar-refractivity contribution is -0.145. The fraction of sp³-hybridized carbons (Fsp3) is 0.667. The van der Waals surface area contributed by atoms with Gasteiger partial charge in [-0.25, -0.2) is 4.79 Å². The molecular formula is C18H26O4. The highest BCUT2D eigenvalue weighted by molar-refractivity contribution is 5.88. The van der Waals surface area contributed by atoms with Gasteiger partial charge in [-0.2, -0.15) is 0 Å². The van der Waals surface area contributed by atoms with E-state index in [1.54, 1.807) is 0 Å². The maximum Gasteiger partial charge on any atom is 0.333 e.